The maximum atomic E-state index is 9.46. The predicted molar refractivity (Wildman–Crippen MR) is 78.0 cm³/mol. The van der Waals surface area contributed by atoms with Gasteiger partial charge in [-0.3, -0.25) is 4.98 Å². The van der Waals surface area contributed by atoms with E-state index in [0.717, 1.165) is 29.6 Å². The Morgan fingerprint density at radius 3 is 2.90 bits per heavy atom. The molecule has 2 heterocycles. The molecule has 102 valence electrons. The zero-order valence-corrected chi connectivity index (χ0v) is 11.0. The summed E-state index contributed by atoms with van der Waals surface area (Å²) in [5.41, 5.74) is 9.42. The van der Waals surface area contributed by atoms with E-state index in [1.165, 1.54) is 0 Å². The summed E-state index contributed by atoms with van der Waals surface area (Å²) in [6.07, 6.45) is 4.46. The van der Waals surface area contributed by atoms with E-state index >= 15 is 0 Å². The van der Waals surface area contributed by atoms with Gasteiger partial charge in [0.1, 0.15) is 12.4 Å². The van der Waals surface area contributed by atoms with Crippen LogP contribution in [0.25, 0.3) is 11.0 Å². The zero-order valence-electron chi connectivity index (χ0n) is 11.0. The number of nitrogen functional groups attached to an aromatic ring is 1. The smallest absolute Gasteiger partial charge is 0.135 e. The van der Waals surface area contributed by atoms with E-state index in [4.69, 9.17) is 5.73 Å². The molecule has 5 heteroatoms. The van der Waals surface area contributed by atoms with Crippen LogP contribution in [-0.4, -0.2) is 19.6 Å². The minimum absolute atomic E-state index is 0.0817. The molecular weight excluding hydrogens is 252 g/mol. The number of hydrogen-bond acceptors (Lipinski definition) is 4. The molecule has 0 bridgehead atoms. The van der Waals surface area contributed by atoms with Crippen molar-refractivity contribution < 1.29 is 5.11 Å². The van der Waals surface area contributed by atoms with Gasteiger partial charge in [-0.05, 0) is 36.2 Å². The molecule has 0 amide bonds. The van der Waals surface area contributed by atoms with Crippen LogP contribution in [0, 0.1) is 0 Å². The lowest BCUT2D eigenvalue weighted by atomic mass is 10.2. The summed E-state index contributed by atoms with van der Waals surface area (Å²) in [7, 11) is 0. The number of rotatable bonds is 4. The van der Waals surface area contributed by atoms with Crippen LogP contribution in [0.1, 0.15) is 11.4 Å². The first-order chi connectivity index (χ1) is 9.78. The van der Waals surface area contributed by atoms with Crippen molar-refractivity contribution in [3.63, 3.8) is 0 Å². The number of hydrogen-bond donors (Lipinski definition) is 2. The maximum absolute atomic E-state index is 9.46. The highest BCUT2D eigenvalue weighted by atomic mass is 16.3. The largest absolute Gasteiger partial charge is 0.399 e. The van der Waals surface area contributed by atoms with Crippen LogP contribution < -0.4 is 5.73 Å². The molecule has 0 aliphatic rings. The summed E-state index contributed by atoms with van der Waals surface area (Å²) in [6.45, 7) is 0.670. The van der Waals surface area contributed by atoms with Gasteiger partial charge in [0, 0.05) is 24.6 Å². The van der Waals surface area contributed by atoms with E-state index in [1.54, 1.807) is 6.20 Å². The first kappa shape index (κ1) is 12.6. The highest BCUT2D eigenvalue weighted by Gasteiger charge is 2.10. The van der Waals surface area contributed by atoms with Gasteiger partial charge in [0.15, 0.2) is 0 Å². The third kappa shape index (κ3) is 2.35. The van der Waals surface area contributed by atoms with Crippen molar-refractivity contribution in [3.05, 3.63) is 54.1 Å². The quantitative estimate of drug-likeness (QED) is 0.707. The number of anilines is 1. The minimum atomic E-state index is -0.0817. The number of aliphatic hydroxyl groups is 1. The van der Waals surface area contributed by atoms with Gasteiger partial charge >= 0.3 is 0 Å². The Hall–Kier alpha value is -2.40. The summed E-state index contributed by atoms with van der Waals surface area (Å²) in [5, 5.41) is 9.46. The van der Waals surface area contributed by atoms with Gasteiger partial charge in [0.25, 0.3) is 0 Å². The minimum Gasteiger partial charge on any atom is -0.399 e. The monoisotopic (exact) mass is 268 g/mol. The average Bonchev–Trinajstić information content (AvgIpc) is 2.83. The molecule has 2 aromatic heterocycles. The molecular formula is C15H16N4O. The first-order valence-electron chi connectivity index (χ1n) is 6.52. The highest BCUT2D eigenvalue weighted by molar-refractivity contribution is 5.79. The molecule has 0 spiro atoms. The van der Waals surface area contributed by atoms with Crippen molar-refractivity contribution in [1.82, 2.24) is 14.5 Å². The second-order valence-corrected chi connectivity index (χ2v) is 4.70. The molecule has 3 rings (SSSR count). The summed E-state index contributed by atoms with van der Waals surface area (Å²) in [6, 6.07) is 9.60. The standard InChI is InChI=1S/C15H16N4O/c16-12-3-4-14-13(8-12)18-15(10-20)19(14)7-5-11-2-1-6-17-9-11/h1-4,6,8-9,20H,5,7,10,16H2. The van der Waals surface area contributed by atoms with E-state index in [-0.39, 0.29) is 6.61 Å². The van der Waals surface area contributed by atoms with Gasteiger partial charge in [0.05, 0.1) is 11.0 Å². The van der Waals surface area contributed by atoms with Crippen LogP contribution in [0.15, 0.2) is 42.7 Å². The van der Waals surface area contributed by atoms with Crippen molar-refractivity contribution in [2.75, 3.05) is 5.73 Å². The van der Waals surface area contributed by atoms with E-state index in [0.29, 0.717) is 11.5 Å². The predicted octanol–water partition coefficient (Wildman–Crippen LogP) is 1.75. The summed E-state index contributed by atoms with van der Waals surface area (Å²) >= 11 is 0. The number of aliphatic hydroxyl groups excluding tert-OH is 1. The lowest BCUT2D eigenvalue weighted by Gasteiger charge is -2.07. The van der Waals surface area contributed by atoms with Crippen LogP contribution in [0.4, 0.5) is 5.69 Å². The van der Waals surface area contributed by atoms with Gasteiger partial charge in [-0.15, -0.1) is 0 Å². The third-order valence-corrected chi connectivity index (χ3v) is 3.34. The number of fused-ring (bicyclic) bond motifs is 1. The molecule has 0 saturated heterocycles. The Morgan fingerprint density at radius 2 is 2.15 bits per heavy atom. The van der Waals surface area contributed by atoms with Crippen molar-refractivity contribution in [3.8, 4) is 0 Å². The van der Waals surface area contributed by atoms with E-state index in [2.05, 4.69) is 9.97 Å². The SMILES string of the molecule is Nc1ccc2c(c1)nc(CO)n2CCc1cccnc1. The molecule has 3 aromatic rings. The molecule has 3 N–H and O–H groups in total. The van der Waals surface area contributed by atoms with Gasteiger partial charge in [0.2, 0.25) is 0 Å². The van der Waals surface area contributed by atoms with Crippen LogP contribution in [0.3, 0.4) is 0 Å². The van der Waals surface area contributed by atoms with Crippen LogP contribution in [0.5, 0.6) is 0 Å². The molecule has 5 nitrogen and oxygen atoms in total. The Labute approximate surface area is 116 Å². The number of nitrogens with two attached hydrogens (primary N) is 1. The summed E-state index contributed by atoms with van der Waals surface area (Å²) in [5.74, 6) is 0.662. The second kappa shape index (κ2) is 5.30. The Morgan fingerprint density at radius 1 is 1.25 bits per heavy atom. The molecule has 1 aromatic carbocycles. The molecule has 0 fully saturated rings. The van der Waals surface area contributed by atoms with Crippen molar-refractivity contribution in [1.29, 1.82) is 0 Å². The fourth-order valence-corrected chi connectivity index (χ4v) is 2.35. The molecule has 0 radical (unpaired) electrons. The van der Waals surface area contributed by atoms with E-state index in [9.17, 15) is 5.11 Å². The number of aryl methyl sites for hydroxylation is 2. The van der Waals surface area contributed by atoms with E-state index in [1.807, 2.05) is 41.1 Å². The Bertz CT molecular complexity index is 721. The lowest BCUT2D eigenvalue weighted by molar-refractivity contribution is 0.266. The van der Waals surface area contributed by atoms with Crippen molar-refractivity contribution >= 4 is 16.7 Å². The van der Waals surface area contributed by atoms with E-state index < -0.39 is 0 Å². The normalized spacial score (nSPS) is 11.1. The van der Waals surface area contributed by atoms with Crippen LogP contribution in [-0.2, 0) is 19.6 Å². The summed E-state index contributed by atoms with van der Waals surface area (Å²) < 4.78 is 2.03. The lowest BCUT2D eigenvalue weighted by Crippen LogP contribution is -2.06. The molecule has 0 aliphatic heterocycles. The third-order valence-electron chi connectivity index (χ3n) is 3.34. The molecule has 0 unspecified atom stereocenters. The highest BCUT2D eigenvalue weighted by Crippen LogP contribution is 2.19. The van der Waals surface area contributed by atoms with Crippen molar-refractivity contribution in [2.24, 2.45) is 0 Å². The van der Waals surface area contributed by atoms with Gasteiger partial charge in [-0.1, -0.05) is 6.07 Å². The fraction of sp³-hybridized carbons (Fsp3) is 0.200. The Balaban J connectivity index is 1.93. The van der Waals surface area contributed by atoms with Crippen LogP contribution in [0.2, 0.25) is 0 Å². The number of nitrogens with zero attached hydrogens (tertiary/aromatic N) is 3. The zero-order chi connectivity index (χ0) is 13.9. The van der Waals surface area contributed by atoms with Gasteiger partial charge in [-0.25, -0.2) is 4.98 Å². The summed E-state index contributed by atoms with van der Waals surface area (Å²) in [4.78, 5) is 8.53. The Kier molecular flexibility index (Phi) is 3.35. The topological polar surface area (TPSA) is 77.0 Å². The van der Waals surface area contributed by atoms with Gasteiger partial charge in [-0.2, -0.15) is 0 Å². The number of pyridine rings is 1. The van der Waals surface area contributed by atoms with Gasteiger partial charge < -0.3 is 15.4 Å². The molecule has 0 atom stereocenters. The number of imidazole rings is 1. The fourth-order valence-electron chi connectivity index (χ4n) is 2.35. The molecule has 0 aliphatic carbocycles. The molecule has 0 saturated carbocycles. The first-order valence-corrected chi connectivity index (χ1v) is 6.52. The van der Waals surface area contributed by atoms with Crippen molar-refractivity contribution in [2.45, 2.75) is 19.6 Å². The number of benzene rings is 1. The second-order valence-electron chi connectivity index (χ2n) is 4.70. The average molecular weight is 268 g/mol. The molecule has 20 heavy (non-hydrogen) atoms. The number of aromatic nitrogens is 3. The van der Waals surface area contributed by atoms with Crippen LogP contribution >= 0.6 is 0 Å². The maximum Gasteiger partial charge on any atom is 0.135 e.